The number of rotatable bonds is 6. The fourth-order valence-corrected chi connectivity index (χ4v) is 3.06. The summed E-state index contributed by atoms with van der Waals surface area (Å²) in [5.74, 6) is -1.09. The predicted octanol–water partition coefficient (Wildman–Crippen LogP) is 2.67. The van der Waals surface area contributed by atoms with Crippen LogP contribution in [-0.2, 0) is 11.0 Å². The summed E-state index contributed by atoms with van der Waals surface area (Å²) in [6.45, 7) is 3.88. The van der Waals surface area contributed by atoms with E-state index < -0.39 is 17.6 Å². The molecule has 27 heavy (non-hydrogen) atoms. The van der Waals surface area contributed by atoms with Crippen molar-refractivity contribution in [3.8, 4) is 0 Å². The molecule has 1 saturated carbocycles. The lowest BCUT2D eigenvalue weighted by molar-refractivity contribution is -0.137. The first-order valence-electron chi connectivity index (χ1n) is 8.99. The molecule has 5 nitrogen and oxygen atoms in total. The van der Waals surface area contributed by atoms with Gasteiger partial charge in [-0.25, -0.2) is 0 Å². The highest BCUT2D eigenvalue weighted by Crippen LogP contribution is 2.29. The highest BCUT2D eigenvalue weighted by atomic mass is 19.4. The van der Waals surface area contributed by atoms with Gasteiger partial charge < -0.3 is 16.0 Å². The van der Waals surface area contributed by atoms with Gasteiger partial charge in [0.25, 0.3) is 5.91 Å². The van der Waals surface area contributed by atoms with E-state index in [1.807, 2.05) is 6.42 Å². The molecule has 0 aliphatic heterocycles. The minimum Gasteiger partial charge on any atom is -0.352 e. The molecule has 2 unspecified atom stereocenters. The normalized spacial score (nSPS) is 20.4. The zero-order valence-corrected chi connectivity index (χ0v) is 15.4. The predicted molar refractivity (Wildman–Crippen MR) is 95.9 cm³/mol. The molecule has 3 N–H and O–H groups in total. The molecule has 1 fully saturated rings. The Labute approximate surface area is 157 Å². The molecule has 2 rings (SSSR count). The summed E-state index contributed by atoms with van der Waals surface area (Å²) < 4.78 is 38.1. The van der Waals surface area contributed by atoms with Crippen LogP contribution < -0.4 is 16.0 Å². The third kappa shape index (κ3) is 6.86. The Morgan fingerprint density at radius 3 is 2.56 bits per heavy atom. The molecule has 2 atom stereocenters. The second-order valence-corrected chi connectivity index (χ2v) is 7.00. The van der Waals surface area contributed by atoms with Crippen molar-refractivity contribution in [2.24, 2.45) is 0 Å². The number of benzene rings is 1. The Morgan fingerprint density at radius 1 is 1.22 bits per heavy atom. The van der Waals surface area contributed by atoms with Gasteiger partial charge in [-0.1, -0.05) is 19.9 Å². The number of hydrogen-bond acceptors (Lipinski definition) is 3. The van der Waals surface area contributed by atoms with Crippen LogP contribution in [0.5, 0.6) is 0 Å². The van der Waals surface area contributed by atoms with E-state index in [0.717, 1.165) is 37.5 Å². The Balaban J connectivity index is 1.77. The van der Waals surface area contributed by atoms with E-state index in [1.54, 1.807) is 0 Å². The molecular weight excluding hydrogens is 359 g/mol. The van der Waals surface area contributed by atoms with Gasteiger partial charge >= 0.3 is 6.18 Å². The molecule has 1 aliphatic carbocycles. The third-order valence-electron chi connectivity index (χ3n) is 4.31. The lowest BCUT2D eigenvalue weighted by Crippen LogP contribution is -2.46. The van der Waals surface area contributed by atoms with Crippen LogP contribution in [0.4, 0.5) is 13.2 Å². The van der Waals surface area contributed by atoms with Crippen LogP contribution in [0.2, 0.25) is 0 Å². The number of nitrogens with one attached hydrogen (secondary N) is 3. The number of amides is 2. The smallest absolute Gasteiger partial charge is 0.352 e. The number of carbonyl (C=O) groups is 2. The number of hydrogen-bond donors (Lipinski definition) is 3. The van der Waals surface area contributed by atoms with Gasteiger partial charge in [0.05, 0.1) is 12.1 Å². The minimum atomic E-state index is -4.52. The lowest BCUT2D eigenvalue weighted by Gasteiger charge is -2.30. The summed E-state index contributed by atoms with van der Waals surface area (Å²) >= 11 is 0. The Morgan fingerprint density at radius 2 is 1.96 bits per heavy atom. The molecule has 1 aliphatic rings. The van der Waals surface area contributed by atoms with Crippen LogP contribution in [0, 0.1) is 6.42 Å². The maximum Gasteiger partial charge on any atom is 0.416 e. The van der Waals surface area contributed by atoms with Crippen molar-refractivity contribution in [1.82, 2.24) is 16.0 Å². The van der Waals surface area contributed by atoms with Gasteiger partial charge in [-0.2, -0.15) is 13.2 Å². The molecule has 8 heteroatoms. The van der Waals surface area contributed by atoms with Crippen molar-refractivity contribution < 1.29 is 22.8 Å². The van der Waals surface area contributed by atoms with E-state index in [9.17, 15) is 22.8 Å². The SMILES string of the molecule is CC(C)NC1C[CH]C(NC(=O)CNC(=O)c2cccc(C(F)(F)F)c2)CC1. The highest BCUT2D eigenvalue weighted by molar-refractivity contribution is 5.96. The molecule has 0 saturated heterocycles. The van der Waals surface area contributed by atoms with Crippen LogP contribution in [0.3, 0.4) is 0 Å². The average Bonchev–Trinajstić information content (AvgIpc) is 2.60. The van der Waals surface area contributed by atoms with Gasteiger partial charge in [-0.05, 0) is 43.9 Å². The molecule has 1 aromatic rings. The largest absolute Gasteiger partial charge is 0.416 e. The van der Waals surface area contributed by atoms with Crippen LogP contribution in [-0.4, -0.2) is 36.5 Å². The molecule has 2 amide bonds. The molecule has 1 aromatic carbocycles. The van der Waals surface area contributed by atoms with Crippen molar-refractivity contribution in [3.63, 3.8) is 0 Å². The van der Waals surface area contributed by atoms with E-state index in [0.29, 0.717) is 12.1 Å². The summed E-state index contributed by atoms with van der Waals surface area (Å²) in [7, 11) is 0. The first-order valence-corrected chi connectivity index (χ1v) is 8.99. The molecule has 0 spiro atoms. The van der Waals surface area contributed by atoms with Crippen molar-refractivity contribution in [1.29, 1.82) is 0 Å². The van der Waals surface area contributed by atoms with Crippen LogP contribution >= 0.6 is 0 Å². The summed E-state index contributed by atoms with van der Waals surface area (Å²) in [4.78, 5) is 24.0. The molecule has 1 radical (unpaired) electrons. The summed E-state index contributed by atoms with van der Waals surface area (Å²) in [6, 6.07) is 4.84. The highest BCUT2D eigenvalue weighted by Gasteiger charge is 2.31. The first kappa shape index (κ1) is 21.2. The monoisotopic (exact) mass is 384 g/mol. The molecule has 149 valence electrons. The fraction of sp³-hybridized carbons (Fsp3) is 0.526. The second kappa shape index (κ2) is 9.21. The topological polar surface area (TPSA) is 70.2 Å². The maximum atomic E-state index is 12.7. The zero-order valence-electron chi connectivity index (χ0n) is 15.4. The average molecular weight is 384 g/mol. The molecular formula is C19H25F3N3O2. The Bertz CT molecular complexity index is 654. The van der Waals surface area contributed by atoms with E-state index >= 15 is 0 Å². The quantitative estimate of drug-likeness (QED) is 0.706. The van der Waals surface area contributed by atoms with Gasteiger partial charge in [0.2, 0.25) is 5.91 Å². The summed E-state index contributed by atoms with van der Waals surface area (Å²) in [5.41, 5.74) is -1.04. The second-order valence-electron chi connectivity index (χ2n) is 7.00. The van der Waals surface area contributed by atoms with Crippen molar-refractivity contribution >= 4 is 11.8 Å². The number of carbonyl (C=O) groups excluding carboxylic acids is 2. The molecule has 0 aromatic heterocycles. The Hall–Kier alpha value is -2.09. The van der Waals surface area contributed by atoms with E-state index in [-0.39, 0.29) is 24.1 Å². The maximum absolute atomic E-state index is 12.7. The van der Waals surface area contributed by atoms with Crippen LogP contribution in [0.1, 0.15) is 49.0 Å². The molecule has 0 bridgehead atoms. The fourth-order valence-electron chi connectivity index (χ4n) is 3.06. The van der Waals surface area contributed by atoms with E-state index in [1.165, 1.54) is 6.07 Å². The standard InChI is InChI=1S/C19H25F3N3O2/c1-12(2)24-15-6-8-16(9-7-15)25-17(26)11-23-18(27)13-4-3-5-14(10-13)19(20,21)22/h3-5,8,10,12,15-16,24H,6-7,9,11H2,1-2H3,(H,23,27)(H,25,26). The van der Waals surface area contributed by atoms with Crippen LogP contribution in [0.15, 0.2) is 24.3 Å². The number of halogens is 3. The van der Waals surface area contributed by atoms with Crippen molar-refractivity contribution in [2.75, 3.05) is 6.54 Å². The van der Waals surface area contributed by atoms with Crippen molar-refractivity contribution in [2.45, 2.75) is 57.4 Å². The van der Waals surface area contributed by atoms with Gasteiger partial charge in [0.15, 0.2) is 0 Å². The van der Waals surface area contributed by atoms with Gasteiger partial charge in [-0.15, -0.1) is 0 Å². The third-order valence-corrected chi connectivity index (χ3v) is 4.31. The zero-order chi connectivity index (χ0) is 20.0. The van der Waals surface area contributed by atoms with Gasteiger partial charge in [-0.3, -0.25) is 9.59 Å². The summed E-state index contributed by atoms with van der Waals surface area (Å²) in [6.07, 6.45) is 0.108. The minimum absolute atomic E-state index is 0.0619. The van der Waals surface area contributed by atoms with Gasteiger partial charge in [0, 0.05) is 23.7 Å². The van der Waals surface area contributed by atoms with E-state index in [2.05, 4.69) is 29.8 Å². The van der Waals surface area contributed by atoms with Gasteiger partial charge in [0.1, 0.15) is 0 Å². The lowest BCUT2D eigenvalue weighted by atomic mass is 9.91. The summed E-state index contributed by atoms with van der Waals surface area (Å²) in [5, 5.41) is 8.62. The number of alkyl halides is 3. The molecule has 0 heterocycles. The van der Waals surface area contributed by atoms with Crippen LogP contribution in [0.25, 0.3) is 0 Å². The van der Waals surface area contributed by atoms with E-state index in [4.69, 9.17) is 0 Å². The first-order chi connectivity index (χ1) is 12.6. The Kier molecular flexibility index (Phi) is 7.24. The van der Waals surface area contributed by atoms with Crippen molar-refractivity contribution in [3.05, 3.63) is 41.8 Å².